The quantitative estimate of drug-likeness (QED) is 0.524. The first-order valence-electron chi connectivity index (χ1n) is 5.45. The number of nitrogens with zero attached hydrogens (tertiary/aromatic N) is 3. The summed E-state index contributed by atoms with van der Waals surface area (Å²) >= 11 is 1.16. The van der Waals surface area contributed by atoms with E-state index in [0.717, 1.165) is 17.8 Å². The van der Waals surface area contributed by atoms with Crippen molar-refractivity contribution in [3.8, 4) is 0 Å². The van der Waals surface area contributed by atoms with Gasteiger partial charge in [0.05, 0.1) is 10.5 Å². The number of carboxylic acid groups (broad SMARTS) is 1. The highest BCUT2D eigenvalue weighted by molar-refractivity contribution is 7.99. The number of benzene rings is 1. The van der Waals surface area contributed by atoms with E-state index in [4.69, 9.17) is 5.11 Å². The van der Waals surface area contributed by atoms with Crippen molar-refractivity contribution in [2.45, 2.75) is 16.8 Å². The molecule has 0 fully saturated rings. The van der Waals surface area contributed by atoms with Crippen LogP contribution in [-0.4, -0.2) is 26.0 Å². The highest BCUT2D eigenvalue weighted by Crippen LogP contribution is 2.34. The van der Waals surface area contributed by atoms with Gasteiger partial charge in [-0.25, -0.2) is 14.8 Å². The van der Waals surface area contributed by atoms with Gasteiger partial charge in [-0.1, -0.05) is 11.8 Å². The summed E-state index contributed by atoms with van der Waals surface area (Å²) in [4.78, 5) is 29.7. The molecule has 1 aromatic carbocycles. The van der Waals surface area contributed by atoms with Gasteiger partial charge < -0.3 is 5.11 Å². The molecule has 1 aromatic heterocycles. The maximum absolute atomic E-state index is 11.0. The van der Waals surface area contributed by atoms with Crippen molar-refractivity contribution in [2.75, 3.05) is 0 Å². The third kappa shape index (κ3) is 2.91. The van der Waals surface area contributed by atoms with Crippen molar-refractivity contribution in [2.24, 2.45) is 0 Å². The summed E-state index contributed by atoms with van der Waals surface area (Å²) in [6, 6.07) is 4.10. The average Bonchev–Trinajstić information content (AvgIpc) is 2.41. The van der Waals surface area contributed by atoms with Gasteiger partial charge in [-0.2, -0.15) is 0 Å². The largest absolute Gasteiger partial charge is 0.478 e. The zero-order chi connectivity index (χ0) is 14.7. The van der Waals surface area contributed by atoms with Crippen molar-refractivity contribution < 1.29 is 14.8 Å². The predicted molar refractivity (Wildman–Crippen MR) is 70.9 cm³/mol. The molecule has 0 spiro atoms. The van der Waals surface area contributed by atoms with E-state index >= 15 is 0 Å². The average molecular weight is 291 g/mol. The fraction of sp³-hybridized carbons (Fsp3) is 0.0833. The van der Waals surface area contributed by atoms with Crippen molar-refractivity contribution >= 4 is 23.4 Å². The van der Waals surface area contributed by atoms with Crippen molar-refractivity contribution in [1.82, 2.24) is 9.97 Å². The van der Waals surface area contributed by atoms with Gasteiger partial charge in [0.2, 0.25) is 0 Å². The molecular weight excluding hydrogens is 282 g/mol. The Labute approximate surface area is 117 Å². The minimum atomic E-state index is -1.21. The lowest BCUT2D eigenvalue weighted by Crippen LogP contribution is -2.01. The van der Waals surface area contributed by atoms with Gasteiger partial charge in [0.25, 0.3) is 5.69 Å². The van der Waals surface area contributed by atoms with Gasteiger partial charge in [-0.15, -0.1) is 0 Å². The van der Waals surface area contributed by atoms with Crippen LogP contribution in [0.4, 0.5) is 5.69 Å². The summed E-state index contributed by atoms with van der Waals surface area (Å²) in [6.45, 7) is 1.58. The first-order valence-corrected chi connectivity index (χ1v) is 6.27. The van der Waals surface area contributed by atoms with E-state index in [0.29, 0.717) is 15.5 Å². The van der Waals surface area contributed by atoms with Crippen molar-refractivity contribution in [3.05, 3.63) is 52.0 Å². The van der Waals surface area contributed by atoms with E-state index in [1.54, 1.807) is 19.2 Å². The Morgan fingerprint density at radius 2 is 2.20 bits per heavy atom. The van der Waals surface area contributed by atoms with Gasteiger partial charge in [-0.05, 0) is 19.1 Å². The Balaban J connectivity index is 2.51. The summed E-state index contributed by atoms with van der Waals surface area (Å²) in [5.41, 5.74) is 0.0592. The highest BCUT2D eigenvalue weighted by atomic mass is 32.2. The number of aromatic carboxylic acids is 1. The third-order valence-corrected chi connectivity index (χ3v) is 3.64. The first kappa shape index (κ1) is 13.9. The fourth-order valence-corrected chi connectivity index (χ4v) is 2.44. The lowest BCUT2D eigenvalue weighted by atomic mass is 10.1. The Bertz CT molecular complexity index is 676. The van der Waals surface area contributed by atoms with Crippen LogP contribution in [0, 0.1) is 17.0 Å². The van der Waals surface area contributed by atoms with Crippen LogP contribution in [0.2, 0.25) is 0 Å². The van der Waals surface area contributed by atoms with Crippen LogP contribution in [0.5, 0.6) is 0 Å². The second kappa shape index (κ2) is 5.66. The van der Waals surface area contributed by atoms with Gasteiger partial charge in [0, 0.05) is 22.7 Å². The van der Waals surface area contributed by atoms with E-state index in [9.17, 15) is 14.9 Å². The van der Waals surface area contributed by atoms with E-state index in [-0.39, 0.29) is 11.3 Å². The molecule has 0 saturated heterocycles. The van der Waals surface area contributed by atoms with Crippen molar-refractivity contribution in [1.29, 1.82) is 0 Å². The molecule has 0 saturated carbocycles. The lowest BCUT2D eigenvalue weighted by molar-refractivity contribution is -0.385. The van der Waals surface area contributed by atoms with E-state index < -0.39 is 10.9 Å². The lowest BCUT2D eigenvalue weighted by Gasteiger charge is -2.07. The highest BCUT2D eigenvalue weighted by Gasteiger charge is 2.19. The molecule has 0 atom stereocenters. The molecule has 0 aliphatic carbocycles. The Hall–Kier alpha value is -2.48. The smallest absolute Gasteiger partial charge is 0.335 e. The van der Waals surface area contributed by atoms with Crippen LogP contribution < -0.4 is 0 Å². The van der Waals surface area contributed by atoms with Gasteiger partial charge in [0.1, 0.15) is 11.4 Å². The van der Waals surface area contributed by atoms with Gasteiger partial charge in [0.15, 0.2) is 0 Å². The van der Waals surface area contributed by atoms with Gasteiger partial charge in [-0.3, -0.25) is 10.1 Å². The number of aromatic nitrogens is 2. The summed E-state index contributed by atoms with van der Waals surface area (Å²) < 4.78 is 0. The molecule has 0 amide bonds. The third-order valence-electron chi connectivity index (χ3n) is 2.55. The van der Waals surface area contributed by atoms with Crippen LogP contribution in [0.15, 0.2) is 40.6 Å². The van der Waals surface area contributed by atoms with E-state index in [1.165, 1.54) is 12.4 Å². The Morgan fingerprint density at radius 3 is 2.75 bits per heavy atom. The second-order valence-corrected chi connectivity index (χ2v) is 4.89. The summed E-state index contributed by atoms with van der Waals surface area (Å²) in [5, 5.41) is 20.6. The normalized spacial score (nSPS) is 10.2. The predicted octanol–water partition coefficient (Wildman–Crippen LogP) is 2.54. The maximum Gasteiger partial charge on any atom is 0.335 e. The summed E-state index contributed by atoms with van der Waals surface area (Å²) in [7, 11) is 0. The number of hydrogen-bond donors (Lipinski definition) is 1. The Kier molecular flexibility index (Phi) is 3.94. The SMILES string of the molecule is Cc1c(Sc2ccncn2)cc(C(=O)O)cc1[N+](=O)[O-]. The van der Waals surface area contributed by atoms with Crippen molar-refractivity contribution in [3.63, 3.8) is 0 Å². The zero-order valence-corrected chi connectivity index (χ0v) is 11.1. The molecule has 0 unspecified atom stereocenters. The molecule has 1 heterocycles. The number of nitro groups is 1. The van der Waals surface area contributed by atoms with Crippen LogP contribution in [0.1, 0.15) is 15.9 Å². The van der Waals surface area contributed by atoms with Crippen LogP contribution in [0.3, 0.4) is 0 Å². The van der Waals surface area contributed by atoms with E-state index in [2.05, 4.69) is 9.97 Å². The number of hydrogen-bond acceptors (Lipinski definition) is 6. The molecule has 8 heteroatoms. The molecule has 0 aliphatic rings. The number of carboxylic acids is 1. The van der Waals surface area contributed by atoms with Crippen LogP contribution in [-0.2, 0) is 0 Å². The number of rotatable bonds is 4. The maximum atomic E-state index is 11.0. The summed E-state index contributed by atoms with van der Waals surface area (Å²) in [5.74, 6) is -1.21. The molecule has 0 radical (unpaired) electrons. The minimum absolute atomic E-state index is 0.126. The molecule has 2 aromatic rings. The zero-order valence-electron chi connectivity index (χ0n) is 10.3. The molecule has 20 heavy (non-hydrogen) atoms. The molecule has 102 valence electrons. The Morgan fingerprint density at radius 1 is 1.45 bits per heavy atom. The first-order chi connectivity index (χ1) is 9.49. The summed E-state index contributed by atoms with van der Waals surface area (Å²) in [6.07, 6.45) is 2.90. The standard InChI is InChI=1S/C12H9N3O4S/c1-7-9(15(18)19)4-8(12(16)17)5-10(7)20-11-2-3-13-6-14-11/h2-6H,1H3,(H,16,17). The molecule has 7 nitrogen and oxygen atoms in total. The van der Waals surface area contributed by atoms with Crippen LogP contribution in [0.25, 0.3) is 0 Å². The molecule has 0 bridgehead atoms. The molecule has 2 rings (SSSR count). The molecule has 0 aliphatic heterocycles. The topological polar surface area (TPSA) is 106 Å². The second-order valence-electron chi connectivity index (χ2n) is 3.83. The number of nitro benzene ring substituents is 1. The minimum Gasteiger partial charge on any atom is -0.478 e. The number of carbonyl (C=O) groups is 1. The van der Waals surface area contributed by atoms with Gasteiger partial charge >= 0.3 is 5.97 Å². The molecule has 1 N–H and O–H groups in total. The molecular formula is C12H9N3O4S. The van der Waals surface area contributed by atoms with Crippen LogP contribution >= 0.6 is 11.8 Å². The monoisotopic (exact) mass is 291 g/mol. The van der Waals surface area contributed by atoms with E-state index in [1.807, 2.05) is 0 Å². The fourth-order valence-electron chi connectivity index (χ4n) is 1.54.